The summed E-state index contributed by atoms with van der Waals surface area (Å²) in [6.07, 6.45) is 0.788. The van der Waals surface area contributed by atoms with Gasteiger partial charge < -0.3 is 10.1 Å². The quantitative estimate of drug-likeness (QED) is 0.921. The van der Waals surface area contributed by atoms with Crippen LogP contribution >= 0.6 is 0 Å². The molecule has 1 fully saturated rings. The second-order valence-electron chi connectivity index (χ2n) is 5.06. The molecule has 1 amide bonds. The zero-order valence-electron chi connectivity index (χ0n) is 11.4. The third-order valence-electron chi connectivity index (χ3n) is 3.69. The largest absolute Gasteiger partial charge is 0.381 e. The van der Waals surface area contributed by atoms with Gasteiger partial charge in [-0.1, -0.05) is 12.1 Å². The molecule has 106 valence electrons. The molecule has 1 aromatic rings. The van der Waals surface area contributed by atoms with Crippen LogP contribution in [0.25, 0.3) is 0 Å². The highest BCUT2D eigenvalue weighted by Crippen LogP contribution is 2.30. The topological polar surface area (TPSA) is 62.1 Å². The summed E-state index contributed by atoms with van der Waals surface area (Å²) in [5.74, 6) is -0.648. The molecule has 1 saturated heterocycles. The SMILES string of the molecule is CC(NC(=O)C1(C#N)CCOCC1)c1cccc(F)c1. The van der Waals surface area contributed by atoms with E-state index in [9.17, 15) is 14.4 Å². The molecule has 1 aliphatic heterocycles. The lowest BCUT2D eigenvalue weighted by molar-refractivity contribution is -0.133. The lowest BCUT2D eigenvalue weighted by atomic mass is 9.80. The molecule has 4 nitrogen and oxygen atoms in total. The second-order valence-corrected chi connectivity index (χ2v) is 5.06. The summed E-state index contributed by atoms with van der Waals surface area (Å²) in [4.78, 5) is 12.3. The van der Waals surface area contributed by atoms with E-state index < -0.39 is 5.41 Å². The van der Waals surface area contributed by atoms with E-state index in [2.05, 4.69) is 11.4 Å². The average molecular weight is 276 g/mol. The smallest absolute Gasteiger partial charge is 0.241 e. The summed E-state index contributed by atoms with van der Waals surface area (Å²) in [6.45, 7) is 2.60. The summed E-state index contributed by atoms with van der Waals surface area (Å²) < 4.78 is 18.4. The van der Waals surface area contributed by atoms with Crippen molar-refractivity contribution >= 4 is 5.91 Å². The molecule has 0 radical (unpaired) electrons. The fraction of sp³-hybridized carbons (Fsp3) is 0.467. The van der Waals surface area contributed by atoms with Gasteiger partial charge in [-0.05, 0) is 37.5 Å². The molecule has 1 aliphatic rings. The van der Waals surface area contributed by atoms with Crippen molar-refractivity contribution in [2.75, 3.05) is 13.2 Å². The minimum absolute atomic E-state index is 0.305. The number of rotatable bonds is 3. The Morgan fingerprint density at radius 3 is 2.80 bits per heavy atom. The first kappa shape index (κ1) is 14.5. The van der Waals surface area contributed by atoms with Gasteiger partial charge in [0.05, 0.1) is 12.1 Å². The Hall–Kier alpha value is -1.93. The second kappa shape index (κ2) is 6.02. The van der Waals surface area contributed by atoms with Gasteiger partial charge in [0, 0.05) is 13.2 Å². The van der Waals surface area contributed by atoms with Crippen molar-refractivity contribution in [1.29, 1.82) is 5.26 Å². The van der Waals surface area contributed by atoms with Crippen LogP contribution in [0.3, 0.4) is 0 Å². The molecule has 1 aromatic carbocycles. The Morgan fingerprint density at radius 1 is 1.50 bits per heavy atom. The van der Waals surface area contributed by atoms with Crippen molar-refractivity contribution in [3.05, 3.63) is 35.6 Å². The highest BCUT2D eigenvalue weighted by atomic mass is 19.1. The summed E-state index contributed by atoms with van der Waals surface area (Å²) in [6, 6.07) is 7.86. The fourth-order valence-electron chi connectivity index (χ4n) is 2.30. The van der Waals surface area contributed by atoms with Crippen LogP contribution in [0.5, 0.6) is 0 Å². The van der Waals surface area contributed by atoms with Crippen molar-refractivity contribution < 1.29 is 13.9 Å². The molecule has 5 heteroatoms. The Labute approximate surface area is 117 Å². The number of halogens is 1. The molecule has 1 atom stereocenters. The van der Waals surface area contributed by atoms with Gasteiger partial charge in [0.2, 0.25) is 5.91 Å². The highest BCUT2D eigenvalue weighted by molar-refractivity contribution is 5.85. The van der Waals surface area contributed by atoms with Crippen LogP contribution in [0.1, 0.15) is 31.4 Å². The molecule has 20 heavy (non-hydrogen) atoms. The Kier molecular flexibility index (Phi) is 4.35. The van der Waals surface area contributed by atoms with Gasteiger partial charge >= 0.3 is 0 Å². The minimum atomic E-state index is -1.03. The standard InChI is InChI=1S/C15H17FN2O2/c1-11(12-3-2-4-13(16)9-12)18-14(19)15(10-17)5-7-20-8-6-15/h2-4,9,11H,5-8H2,1H3,(H,18,19). The van der Waals surface area contributed by atoms with Crippen LogP contribution in [0, 0.1) is 22.6 Å². The number of nitrogens with one attached hydrogen (secondary N) is 1. The molecule has 0 bridgehead atoms. The van der Waals surface area contributed by atoms with Crippen LogP contribution in [0.15, 0.2) is 24.3 Å². The van der Waals surface area contributed by atoms with Crippen molar-refractivity contribution in [2.45, 2.75) is 25.8 Å². The van der Waals surface area contributed by atoms with E-state index in [1.54, 1.807) is 19.1 Å². The lowest BCUT2D eigenvalue weighted by Gasteiger charge is -2.30. The monoisotopic (exact) mass is 276 g/mol. The maximum atomic E-state index is 13.2. The predicted octanol–water partition coefficient (Wildman–Crippen LogP) is 2.32. The van der Waals surface area contributed by atoms with Crippen LogP contribution in [0.4, 0.5) is 4.39 Å². The first-order valence-corrected chi connectivity index (χ1v) is 6.63. The molecule has 1 unspecified atom stereocenters. The van der Waals surface area contributed by atoms with Crippen molar-refractivity contribution in [3.8, 4) is 6.07 Å². The van der Waals surface area contributed by atoms with E-state index >= 15 is 0 Å². The molecule has 1 heterocycles. The molecular formula is C15H17FN2O2. The number of carbonyl (C=O) groups excluding carboxylic acids is 1. The third kappa shape index (κ3) is 2.97. The fourth-order valence-corrected chi connectivity index (χ4v) is 2.30. The van der Waals surface area contributed by atoms with Crippen molar-refractivity contribution in [2.24, 2.45) is 5.41 Å². The summed E-state index contributed by atoms with van der Waals surface area (Å²) >= 11 is 0. The van der Waals surface area contributed by atoms with E-state index in [4.69, 9.17) is 4.74 Å². The number of hydrogen-bond donors (Lipinski definition) is 1. The summed E-state index contributed by atoms with van der Waals surface area (Å²) in [5.41, 5.74) is -0.349. The van der Waals surface area contributed by atoms with Gasteiger partial charge in [-0.2, -0.15) is 5.26 Å². The summed E-state index contributed by atoms with van der Waals surface area (Å²) in [5, 5.41) is 12.1. The number of benzene rings is 1. The lowest BCUT2D eigenvalue weighted by Crippen LogP contribution is -2.44. The predicted molar refractivity (Wildman–Crippen MR) is 71.1 cm³/mol. The zero-order chi connectivity index (χ0) is 14.6. The highest BCUT2D eigenvalue weighted by Gasteiger charge is 2.40. The van der Waals surface area contributed by atoms with Crippen molar-refractivity contribution in [1.82, 2.24) is 5.32 Å². The molecule has 0 aliphatic carbocycles. The number of nitriles is 1. The minimum Gasteiger partial charge on any atom is -0.381 e. The average Bonchev–Trinajstić information content (AvgIpc) is 2.47. The molecule has 0 saturated carbocycles. The summed E-state index contributed by atoms with van der Waals surface area (Å²) in [7, 11) is 0. The van der Waals surface area contributed by atoms with E-state index in [0.29, 0.717) is 31.6 Å². The van der Waals surface area contributed by atoms with Crippen LogP contribution < -0.4 is 5.32 Å². The van der Waals surface area contributed by atoms with Crippen LogP contribution in [-0.4, -0.2) is 19.1 Å². The van der Waals surface area contributed by atoms with Gasteiger partial charge in [0.25, 0.3) is 0 Å². The Balaban J connectivity index is 2.09. The molecule has 1 N–H and O–H groups in total. The van der Waals surface area contributed by atoms with E-state index in [1.165, 1.54) is 12.1 Å². The van der Waals surface area contributed by atoms with E-state index in [-0.39, 0.29) is 17.8 Å². The maximum Gasteiger partial charge on any atom is 0.241 e. The maximum absolute atomic E-state index is 13.2. The first-order chi connectivity index (χ1) is 9.57. The molecular weight excluding hydrogens is 259 g/mol. The van der Waals surface area contributed by atoms with E-state index in [0.717, 1.165) is 0 Å². The number of amides is 1. The number of ether oxygens (including phenoxy) is 1. The normalized spacial score (nSPS) is 18.9. The molecule has 2 rings (SSSR count). The molecule has 0 aromatic heterocycles. The van der Waals surface area contributed by atoms with Gasteiger partial charge in [0.15, 0.2) is 0 Å². The zero-order valence-corrected chi connectivity index (χ0v) is 11.4. The van der Waals surface area contributed by atoms with Crippen molar-refractivity contribution in [3.63, 3.8) is 0 Å². The molecule has 0 spiro atoms. The van der Waals surface area contributed by atoms with Gasteiger partial charge in [-0.25, -0.2) is 4.39 Å². The number of nitrogens with zero attached hydrogens (tertiary/aromatic N) is 1. The number of carbonyl (C=O) groups is 1. The van der Waals surface area contributed by atoms with Gasteiger partial charge in [0.1, 0.15) is 11.2 Å². The first-order valence-electron chi connectivity index (χ1n) is 6.63. The Morgan fingerprint density at radius 2 is 2.20 bits per heavy atom. The van der Waals surface area contributed by atoms with Crippen LogP contribution in [0.2, 0.25) is 0 Å². The van der Waals surface area contributed by atoms with Gasteiger partial charge in [-0.15, -0.1) is 0 Å². The van der Waals surface area contributed by atoms with E-state index in [1.807, 2.05) is 0 Å². The Bertz CT molecular complexity index is 533. The number of hydrogen-bond acceptors (Lipinski definition) is 3. The van der Waals surface area contributed by atoms with Gasteiger partial charge in [-0.3, -0.25) is 4.79 Å². The third-order valence-corrected chi connectivity index (χ3v) is 3.69. The van der Waals surface area contributed by atoms with Crippen LogP contribution in [-0.2, 0) is 9.53 Å².